The zero-order chi connectivity index (χ0) is 81.5. The summed E-state index contributed by atoms with van der Waals surface area (Å²) in [4.78, 5) is 47.4. The third-order valence-corrected chi connectivity index (χ3v) is 21.0. The molecule has 1 aromatic carbocycles. The van der Waals surface area contributed by atoms with Crippen LogP contribution in [0.5, 0.6) is 0 Å². The lowest BCUT2D eigenvalue weighted by molar-refractivity contribution is -0.294. The summed E-state index contributed by atoms with van der Waals surface area (Å²) in [5.74, 6) is 0. The van der Waals surface area contributed by atoms with Crippen molar-refractivity contribution in [2.45, 2.75) is 250 Å². The fraction of sp³-hybridized carbons (Fsp3) is 0.889. The van der Waals surface area contributed by atoms with Gasteiger partial charge in [-0.05, 0) is 178 Å². The van der Waals surface area contributed by atoms with Gasteiger partial charge in [0.15, 0.2) is 0 Å². The van der Waals surface area contributed by atoms with Crippen molar-refractivity contribution < 1.29 is 86.8 Å². The number of benzene rings is 1. The third-order valence-electron chi connectivity index (χ3n) is 21.0. The van der Waals surface area contributed by atoms with Crippen LogP contribution in [-0.2, 0) is 72.5 Å². The summed E-state index contributed by atoms with van der Waals surface area (Å²) in [7, 11) is 4.95. The van der Waals surface area contributed by atoms with E-state index in [-0.39, 0.29) is 18.1 Å². The minimum Gasteiger partial charge on any atom is -0.382 e. The van der Waals surface area contributed by atoms with Gasteiger partial charge in [0, 0.05) is 168 Å². The third kappa shape index (κ3) is 41.2. The first-order chi connectivity index (χ1) is 53.0. The molecule has 30 nitrogen and oxygen atoms in total. The van der Waals surface area contributed by atoms with Crippen molar-refractivity contribution in [3.63, 3.8) is 0 Å². The van der Waals surface area contributed by atoms with Gasteiger partial charge < -0.3 is 88.7 Å². The summed E-state index contributed by atoms with van der Waals surface area (Å²) in [5.41, 5.74) is -1.82. The molecule has 4 rings (SSSR count). The molecule has 3 saturated heterocycles. The van der Waals surface area contributed by atoms with E-state index < -0.39 is 51.3 Å². The quantitative estimate of drug-likeness (QED) is 0.0330. The second kappa shape index (κ2) is 55.0. The summed E-state index contributed by atoms with van der Waals surface area (Å²) in [6, 6.07) is 4.35. The number of hydroxylamine groups is 6. The van der Waals surface area contributed by atoms with Gasteiger partial charge in [-0.2, -0.15) is 0 Å². The SMILES string of the molecule is COCCOCCOCCN(CCOCCCCCCNC(=O)Nc1cc(NC(=O)NCCCCCCOCCN(CCOCCOCCOC)C2CC(C)(C)N([O])C(C)(C)C2)cc(NC(=O)NCCCCCCOCCN(CCOCCOCCOC)C2CC(C)(C)N([O])C(C)(C)C2)c1)C1CC(C)(C)N([O])C(C)(C)C1. The highest BCUT2D eigenvalue weighted by atomic mass is 16.6. The maximum absolute atomic E-state index is 13.4. The van der Waals surface area contributed by atoms with Gasteiger partial charge in [-0.25, -0.2) is 14.4 Å². The fourth-order valence-electron chi connectivity index (χ4n) is 15.7. The van der Waals surface area contributed by atoms with Gasteiger partial charge >= 0.3 is 18.1 Å². The van der Waals surface area contributed by atoms with E-state index in [0.717, 1.165) is 155 Å². The minimum atomic E-state index is -0.494. The maximum atomic E-state index is 13.4. The number of hydrogen-bond donors (Lipinski definition) is 6. The molecule has 111 heavy (non-hydrogen) atoms. The van der Waals surface area contributed by atoms with Crippen molar-refractivity contribution in [3.8, 4) is 0 Å². The van der Waals surface area contributed by atoms with Gasteiger partial charge in [-0.15, -0.1) is 30.8 Å². The lowest BCUT2D eigenvalue weighted by Gasteiger charge is -2.52. The normalized spacial score (nSPS) is 18.1. The topological polar surface area (TPSA) is 313 Å². The molecule has 0 unspecified atom stereocenters. The van der Waals surface area contributed by atoms with Crippen LogP contribution in [0.15, 0.2) is 18.2 Å². The Bertz CT molecular complexity index is 2280. The van der Waals surface area contributed by atoms with Crippen molar-refractivity contribution in [1.82, 2.24) is 45.8 Å². The fourth-order valence-corrected chi connectivity index (χ4v) is 15.7. The Hall–Kier alpha value is -3.81. The number of nitrogens with zero attached hydrogens (tertiary/aromatic N) is 6. The van der Waals surface area contributed by atoms with Crippen LogP contribution < -0.4 is 31.9 Å². The molecule has 6 amide bonds. The van der Waals surface area contributed by atoms with E-state index in [9.17, 15) is 30.0 Å². The standard InChI is InChI=1S/C81H153N12O18/c1-76(2)61-70(62-77(3,4)91(76)97)88(34-43-106-52-55-109-49-46-100-13)31-40-103-37-25-19-16-22-28-82-73(94)85-67-58-68(86-74(95)83-29-23-17-20-26-38-104-41-32-89(35-44-107-53-56-110-50-47-101-14)71-63-78(5,6)92(98)79(7,8)64-71)60-69(59-67)87-75(96)84-30-24-18-21-27-39-105-42-33-90(36-45-108-54-57-111-51-48-102-15)72-65-80(9,10)93(99)81(11,12)66-72/h58-60,70-72H,16-57,61-66H2,1-15H3,(H2,82,85,94)(H2,83,86,95)(H2,84,87,96). The molecular weight excluding hydrogens is 1430 g/mol. The van der Waals surface area contributed by atoms with Crippen molar-refractivity contribution in [3.05, 3.63) is 18.2 Å². The number of methoxy groups -OCH3 is 3. The highest BCUT2D eigenvalue weighted by Crippen LogP contribution is 2.42. The predicted molar refractivity (Wildman–Crippen MR) is 432 cm³/mol. The first-order valence-corrected chi connectivity index (χ1v) is 41.6. The van der Waals surface area contributed by atoms with Crippen LogP contribution in [-0.4, -0.2) is 318 Å². The van der Waals surface area contributed by atoms with Crippen molar-refractivity contribution in [1.29, 1.82) is 0 Å². The zero-order valence-corrected chi connectivity index (χ0v) is 71.4. The second-order valence-electron chi connectivity index (χ2n) is 33.7. The molecule has 3 fully saturated rings. The van der Waals surface area contributed by atoms with Crippen LogP contribution in [0.3, 0.4) is 0 Å². The average molecular weight is 1580 g/mol. The Labute approximate surface area is 668 Å². The average Bonchev–Trinajstić information content (AvgIpc) is 0.787. The van der Waals surface area contributed by atoms with E-state index in [0.29, 0.717) is 175 Å². The summed E-state index contributed by atoms with van der Waals surface area (Å²) in [6.07, 6.45) is 14.9. The molecule has 0 saturated carbocycles. The lowest BCUT2D eigenvalue weighted by Crippen LogP contribution is -2.62. The molecule has 1 aromatic rings. The van der Waals surface area contributed by atoms with Crippen molar-refractivity contribution >= 4 is 35.2 Å². The summed E-state index contributed by atoms with van der Waals surface area (Å²) >= 11 is 0. The van der Waals surface area contributed by atoms with Crippen LogP contribution in [0.1, 0.15) is 199 Å². The van der Waals surface area contributed by atoms with Crippen molar-refractivity contribution in [2.24, 2.45) is 0 Å². The van der Waals surface area contributed by atoms with Crippen LogP contribution in [0.25, 0.3) is 0 Å². The molecule has 645 valence electrons. The number of piperidine rings is 3. The molecule has 3 heterocycles. The predicted octanol–water partition coefficient (Wildman–Crippen LogP) is 10.8. The van der Waals surface area contributed by atoms with E-state index in [4.69, 9.17) is 56.8 Å². The Balaban J connectivity index is 1.23. The van der Waals surface area contributed by atoms with Gasteiger partial charge in [0.2, 0.25) is 0 Å². The van der Waals surface area contributed by atoms with E-state index in [1.807, 2.05) is 83.1 Å². The van der Waals surface area contributed by atoms with Crippen LogP contribution in [0, 0.1) is 0 Å². The van der Waals surface area contributed by atoms with Crippen LogP contribution >= 0.6 is 0 Å². The van der Waals surface area contributed by atoms with Gasteiger partial charge in [-0.1, -0.05) is 38.5 Å². The summed E-state index contributed by atoms with van der Waals surface area (Å²) in [6.45, 7) is 41.5. The van der Waals surface area contributed by atoms with Gasteiger partial charge in [0.1, 0.15) is 0 Å². The Morgan fingerprint density at radius 3 is 0.703 bits per heavy atom. The van der Waals surface area contributed by atoms with E-state index in [1.165, 1.54) is 15.2 Å². The number of nitrogens with one attached hydrogen (secondary N) is 6. The van der Waals surface area contributed by atoms with E-state index in [1.54, 1.807) is 39.5 Å². The number of anilines is 3. The number of ether oxygens (including phenoxy) is 12. The summed E-state index contributed by atoms with van der Waals surface area (Å²) in [5, 5.41) is 61.0. The molecule has 3 aliphatic rings. The smallest absolute Gasteiger partial charge is 0.319 e. The van der Waals surface area contributed by atoms with Gasteiger partial charge in [0.05, 0.1) is 119 Å². The first kappa shape index (κ1) is 99.5. The number of urea groups is 3. The molecule has 0 atom stereocenters. The number of hydrogen-bond acceptors (Lipinski definition) is 21. The number of carbonyl (C=O) groups is 3. The number of carbonyl (C=O) groups excluding carboxylic acids is 3. The molecule has 3 aliphatic heterocycles. The minimum absolute atomic E-state index is 0.213. The molecule has 0 aromatic heterocycles. The first-order valence-electron chi connectivity index (χ1n) is 41.6. The summed E-state index contributed by atoms with van der Waals surface area (Å²) < 4.78 is 68.2. The lowest BCUT2D eigenvalue weighted by atomic mass is 9.78. The molecule has 3 radical (unpaired) electrons. The molecule has 6 N–H and O–H groups in total. The number of amides is 6. The zero-order valence-electron chi connectivity index (χ0n) is 71.4. The Morgan fingerprint density at radius 2 is 0.486 bits per heavy atom. The molecule has 0 spiro atoms. The second-order valence-corrected chi connectivity index (χ2v) is 33.7. The largest absolute Gasteiger partial charge is 0.382 e. The van der Waals surface area contributed by atoms with Crippen molar-refractivity contribution in [2.75, 3.05) is 235 Å². The Morgan fingerprint density at radius 1 is 0.297 bits per heavy atom. The molecule has 0 aliphatic carbocycles. The van der Waals surface area contributed by atoms with E-state index in [2.05, 4.69) is 46.6 Å². The number of unbranched alkanes of at least 4 members (excludes halogenated alkanes) is 9. The molecule has 0 bridgehead atoms. The molecule has 30 heteroatoms. The van der Waals surface area contributed by atoms with Gasteiger partial charge in [-0.3, -0.25) is 14.7 Å². The Kier molecular flexibility index (Phi) is 49.3. The highest BCUT2D eigenvalue weighted by Gasteiger charge is 2.50. The number of rotatable bonds is 63. The monoisotopic (exact) mass is 1580 g/mol. The molecular formula is C81H153N12O18. The van der Waals surface area contributed by atoms with Gasteiger partial charge in [0.25, 0.3) is 0 Å². The highest BCUT2D eigenvalue weighted by molar-refractivity contribution is 5.96. The van der Waals surface area contributed by atoms with E-state index >= 15 is 0 Å². The van der Waals surface area contributed by atoms with Crippen LogP contribution in [0.2, 0.25) is 0 Å². The maximum Gasteiger partial charge on any atom is 0.319 e. The van der Waals surface area contributed by atoms with Crippen LogP contribution in [0.4, 0.5) is 31.4 Å².